The molecule has 1 amide bonds. The first-order valence-corrected chi connectivity index (χ1v) is 8.02. The second-order valence-corrected chi connectivity index (χ2v) is 6.20. The lowest BCUT2D eigenvalue weighted by Gasteiger charge is -2.15. The molecule has 0 saturated carbocycles. The Morgan fingerprint density at radius 1 is 1.00 bits per heavy atom. The molecule has 3 N–H and O–H groups in total. The van der Waals surface area contributed by atoms with Gasteiger partial charge in [0.2, 0.25) is 5.91 Å². The number of carboxylic acid groups (broad SMARTS) is 1. The molecule has 0 fully saturated rings. The van der Waals surface area contributed by atoms with Crippen molar-refractivity contribution in [1.29, 1.82) is 0 Å². The van der Waals surface area contributed by atoms with E-state index < -0.39 is 12.0 Å². The van der Waals surface area contributed by atoms with Crippen LogP contribution in [0, 0.1) is 5.92 Å². The van der Waals surface area contributed by atoms with Gasteiger partial charge in [0.05, 0.1) is 0 Å². The Bertz CT molecular complexity index is 367. The van der Waals surface area contributed by atoms with E-state index in [1.165, 1.54) is 0 Å². The van der Waals surface area contributed by atoms with E-state index in [0.717, 1.165) is 25.8 Å². The molecule has 0 radical (unpaired) electrons. The predicted octanol–water partition coefficient (Wildman–Crippen LogP) is 1.73. The van der Waals surface area contributed by atoms with Crippen molar-refractivity contribution in [3.8, 4) is 0 Å². The summed E-state index contributed by atoms with van der Waals surface area (Å²) in [5.74, 6) is -1.86. The maximum absolute atomic E-state index is 11.7. The van der Waals surface area contributed by atoms with Crippen molar-refractivity contribution in [2.45, 2.75) is 71.9 Å². The molecule has 0 aliphatic rings. The smallest absolute Gasteiger partial charge is 0.326 e. The van der Waals surface area contributed by atoms with Crippen LogP contribution < -0.4 is 10.6 Å². The van der Waals surface area contributed by atoms with Gasteiger partial charge in [0.25, 0.3) is 0 Å². The molecule has 22 heavy (non-hydrogen) atoms. The van der Waals surface area contributed by atoms with Gasteiger partial charge < -0.3 is 15.7 Å². The van der Waals surface area contributed by atoms with Gasteiger partial charge in [-0.25, -0.2) is 4.79 Å². The fourth-order valence-corrected chi connectivity index (χ4v) is 1.88. The van der Waals surface area contributed by atoms with Crippen molar-refractivity contribution >= 4 is 17.7 Å². The molecule has 0 aromatic rings. The van der Waals surface area contributed by atoms with E-state index in [-0.39, 0.29) is 24.0 Å². The zero-order chi connectivity index (χ0) is 17.1. The molecule has 0 aliphatic heterocycles. The first-order chi connectivity index (χ1) is 10.2. The number of hydrogen-bond acceptors (Lipinski definition) is 4. The second kappa shape index (κ2) is 11.2. The Kier molecular flexibility index (Phi) is 10.5. The first kappa shape index (κ1) is 20.6. The summed E-state index contributed by atoms with van der Waals surface area (Å²) < 4.78 is 0. The molecule has 0 aliphatic carbocycles. The number of hydrogen-bond donors (Lipinski definition) is 3. The van der Waals surface area contributed by atoms with Crippen LogP contribution in [-0.4, -0.2) is 41.4 Å². The van der Waals surface area contributed by atoms with Crippen LogP contribution in [0.1, 0.15) is 59.8 Å². The Labute approximate surface area is 133 Å². The fraction of sp³-hybridized carbons (Fsp3) is 0.812. The quantitative estimate of drug-likeness (QED) is 0.477. The zero-order valence-electron chi connectivity index (χ0n) is 14.1. The van der Waals surface area contributed by atoms with Crippen molar-refractivity contribution in [2.24, 2.45) is 5.92 Å². The zero-order valence-corrected chi connectivity index (χ0v) is 14.1. The maximum Gasteiger partial charge on any atom is 0.326 e. The number of unbranched alkanes of at least 4 members (excludes halogenated alkanes) is 2. The molecule has 6 heteroatoms. The number of ketones is 1. The van der Waals surface area contributed by atoms with Crippen LogP contribution in [0.3, 0.4) is 0 Å². The summed E-state index contributed by atoms with van der Waals surface area (Å²) in [4.78, 5) is 34.5. The highest BCUT2D eigenvalue weighted by atomic mass is 16.4. The number of amides is 1. The highest BCUT2D eigenvalue weighted by molar-refractivity contribution is 5.90. The average molecular weight is 314 g/mol. The summed E-state index contributed by atoms with van der Waals surface area (Å²) in [6.45, 7) is 8.51. The number of Topliss-reactive ketones (excluding diaryl/α,β-unsaturated/α-hetero) is 1. The van der Waals surface area contributed by atoms with E-state index in [1.807, 2.05) is 0 Å². The Hall–Kier alpha value is -1.43. The number of aliphatic carboxylic acids is 1. The standard InChI is InChI=1S/C16H30N2O4/c1-11(2)14(19)10-13(16(21)22)18-15(20)8-6-5-7-9-17-12(3)4/h11-13,17H,5-10H2,1-4H3,(H,18,20)(H,21,22). The molecule has 1 atom stereocenters. The molecule has 0 saturated heterocycles. The summed E-state index contributed by atoms with van der Waals surface area (Å²) in [6.07, 6.45) is 2.75. The summed E-state index contributed by atoms with van der Waals surface area (Å²) in [6, 6.07) is -0.664. The molecule has 128 valence electrons. The molecule has 1 unspecified atom stereocenters. The summed E-state index contributed by atoms with van der Waals surface area (Å²) in [5, 5.41) is 14.8. The van der Waals surface area contributed by atoms with E-state index in [1.54, 1.807) is 13.8 Å². The average Bonchev–Trinajstić information content (AvgIpc) is 2.41. The summed E-state index contributed by atoms with van der Waals surface area (Å²) in [7, 11) is 0. The van der Waals surface area contributed by atoms with Crippen LogP contribution in [0.15, 0.2) is 0 Å². The van der Waals surface area contributed by atoms with Crippen molar-refractivity contribution in [2.75, 3.05) is 6.54 Å². The second-order valence-electron chi connectivity index (χ2n) is 6.20. The number of carboxylic acids is 1. The molecule has 0 rings (SSSR count). The van der Waals surface area contributed by atoms with E-state index in [0.29, 0.717) is 12.5 Å². The Balaban J connectivity index is 3.99. The third-order valence-corrected chi connectivity index (χ3v) is 3.32. The van der Waals surface area contributed by atoms with E-state index in [4.69, 9.17) is 5.11 Å². The fourth-order valence-electron chi connectivity index (χ4n) is 1.88. The summed E-state index contributed by atoms with van der Waals surface area (Å²) in [5.41, 5.74) is 0. The van der Waals surface area contributed by atoms with Crippen LogP contribution in [0.2, 0.25) is 0 Å². The molecule has 0 aromatic heterocycles. The minimum Gasteiger partial charge on any atom is -0.480 e. The molecular formula is C16H30N2O4. The molecule has 6 nitrogen and oxygen atoms in total. The first-order valence-electron chi connectivity index (χ1n) is 8.02. The molecule has 0 heterocycles. The van der Waals surface area contributed by atoms with Crippen molar-refractivity contribution in [3.63, 3.8) is 0 Å². The van der Waals surface area contributed by atoms with Crippen LogP contribution >= 0.6 is 0 Å². The summed E-state index contributed by atoms with van der Waals surface area (Å²) >= 11 is 0. The normalized spacial score (nSPS) is 12.5. The van der Waals surface area contributed by atoms with Gasteiger partial charge in [-0.1, -0.05) is 34.1 Å². The number of carbonyl (C=O) groups excluding carboxylic acids is 2. The highest BCUT2D eigenvalue weighted by Gasteiger charge is 2.24. The van der Waals surface area contributed by atoms with E-state index >= 15 is 0 Å². The number of carbonyl (C=O) groups is 3. The predicted molar refractivity (Wildman–Crippen MR) is 85.6 cm³/mol. The molecular weight excluding hydrogens is 284 g/mol. The van der Waals surface area contributed by atoms with Crippen LogP contribution in [0.4, 0.5) is 0 Å². The van der Waals surface area contributed by atoms with Crippen LogP contribution in [0.25, 0.3) is 0 Å². The molecule has 0 aromatic carbocycles. The lowest BCUT2D eigenvalue weighted by atomic mass is 10.0. The topological polar surface area (TPSA) is 95.5 Å². The van der Waals surface area contributed by atoms with Gasteiger partial charge in [0, 0.05) is 24.8 Å². The monoisotopic (exact) mass is 314 g/mol. The van der Waals surface area contributed by atoms with Gasteiger partial charge >= 0.3 is 5.97 Å². The van der Waals surface area contributed by atoms with Gasteiger partial charge in [0.15, 0.2) is 0 Å². The largest absolute Gasteiger partial charge is 0.480 e. The van der Waals surface area contributed by atoms with Gasteiger partial charge in [-0.05, 0) is 19.4 Å². The lowest BCUT2D eigenvalue weighted by molar-refractivity contribution is -0.143. The van der Waals surface area contributed by atoms with Crippen LogP contribution in [-0.2, 0) is 14.4 Å². The van der Waals surface area contributed by atoms with Gasteiger partial charge in [-0.15, -0.1) is 0 Å². The van der Waals surface area contributed by atoms with Gasteiger partial charge in [-0.2, -0.15) is 0 Å². The highest BCUT2D eigenvalue weighted by Crippen LogP contribution is 2.05. The Morgan fingerprint density at radius 3 is 2.14 bits per heavy atom. The third kappa shape index (κ3) is 10.3. The SMILES string of the molecule is CC(C)NCCCCCC(=O)NC(CC(=O)C(C)C)C(=O)O. The lowest BCUT2D eigenvalue weighted by Crippen LogP contribution is -2.42. The minimum atomic E-state index is -1.16. The molecule has 0 bridgehead atoms. The maximum atomic E-state index is 11.7. The minimum absolute atomic E-state index is 0.156. The van der Waals surface area contributed by atoms with Crippen molar-refractivity contribution in [1.82, 2.24) is 10.6 Å². The van der Waals surface area contributed by atoms with E-state index in [9.17, 15) is 14.4 Å². The van der Waals surface area contributed by atoms with Gasteiger partial charge in [0.1, 0.15) is 11.8 Å². The van der Waals surface area contributed by atoms with E-state index in [2.05, 4.69) is 24.5 Å². The van der Waals surface area contributed by atoms with Crippen molar-refractivity contribution in [3.05, 3.63) is 0 Å². The van der Waals surface area contributed by atoms with Gasteiger partial charge in [-0.3, -0.25) is 9.59 Å². The Morgan fingerprint density at radius 2 is 1.64 bits per heavy atom. The third-order valence-electron chi connectivity index (χ3n) is 3.32. The molecule has 0 spiro atoms. The number of rotatable bonds is 12. The van der Waals surface area contributed by atoms with Crippen molar-refractivity contribution < 1.29 is 19.5 Å². The van der Waals surface area contributed by atoms with Crippen LogP contribution in [0.5, 0.6) is 0 Å². The number of nitrogens with one attached hydrogen (secondary N) is 2.